The molecule has 0 unspecified atom stereocenters. The van der Waals surface area contributed by atoms with E-state index in [0.29, 0.717) is 48.7 Å². The summed E-state index contributed by atoms with van der Waals surface area (Å²) < 4.78 is 21.5. The summed E-state index contributed by atoms with van der Waals surface area (Å²) in [6.07, 6.45) is 0.895. The van der Waals surface area contributed by atoms with Crippen molar-refractivity contribution in [3.05, 3.63) is 47.5 Å². The van der Waals surface area contributed by atoms with E-state index in [1.807, 2.05) is 18.2 Å². The first-order valence-corrected chi connectivity index (χ1v) is 10.2. The average Bonchev–Trinajstić information content (AvgIpc) is 2.82. The number of piperidine rings is 1. The number of benzene rings is 2. The molecule has 4 rings (SSSR count). The van der Waals surface area contributed by atoms with E-state index in [9.17, 15) is 9.59 Å². The SMILES string of the molecule is COc1ccc(C(=O)N2CCC(N3C(=O)OCc4cccc(OC)c43)CC2)c(OC)c1. The van der Waals surface area contributed by atoms with Crippen molar-refractivity contribution in [1.29, 1.82) is 0 Å². The van der Waals surface area contributed by atoms with Crippen LogP contribution in [0.3, 0.4) is 0 Å². The van der Waals surface area contributed by atoms with Crippen LogP contribution in [0.1, 0.15) is 28.8 Å². The number of hydrogen-bond donors (Lipinski definition) is 0. The third-order valence-electron chi connectivity index (χ3n) is 5.85. The van der Waals surface area contributed by atoms with Crippen molar-refractivity contribution in [2.24, 2.45) is 0 Å². The standard InChI is InChI=1S/C23H26N2O6/c1-28-17-7-8-18(20(13-17)30-3)22(26)24-11-9-16(10-12-24)25-21-15(14-31-23(25)27)5-4-6-19(21)29-2/h4-8,13,16H,9-12,14H2,1-3H3. The molecule has 2 aliphatic rings. The first-order chi connectivity index (χ1) is 15.1. The third kappa shape index (κ3) is 3.85. The van der Waals surface area contributed by atoms with Gasteiger partial charge in [-0.1, -0.05) is 12.1 Å². The molecular weight excluding hydrogens is 400 g/mol. The maximum absolute atomic E-state index is 13.1. The first kappa shape index (κ1) is 20.8. The molecule has 0 aromatic heterocycles. The Labute approximate surface area is 181 Å². The van der Waals surface area contributed by atoms with Crippen LogP contribution in [0, 0.1) is 0 Å². The zero-order valence-electron chi connectivity index (χ0n) is 17.9. The van der Waals surface area contributed by atoms with Crippen molar-refractivity contribution in [2.45, 2.75) is 25.5 Å². The van der Waals surface area contributed by atoms with Crippen LogP contribution in [0.4, 0.5) is 10.5 Å². The van der Waals surface area contributed by atoms with Gasteiger partial charge in [0.25, 0.3) is 5.91 Å². The quantitative estimate of drug-likeness (QED) is 0.729. The van der Waals surface area contributed by atoms with Crippen LogP contribution in [-0.4, -0.2) is 57.4 Å². The molecule has 31 heavy (non-hydrogen) atoms. The van der Waals surface area contributed by atoms with E-state index in [4.69, 9.17) is 18.9 Å². The van der Waals surface area contributed by atoms with Crippen molar-refractivity contribution < 1.29 is 28.5 Å². The first-order valence-electron chi connectivity index (χ1n) is 10.2. The van der Waals surface area contributed by atoms with Gasteiger partial charge in [-0.2, -0.15) is 0 Å². The number of para-hydroxylation sites is 1. The van der Waals surface area contributed by atoms with E-state index in [1.54, 1.807) is 42.2 Å². The summed E-state index contributed by atoms with van der Waals surface area (Å²) in [5.74, 6) is 1.65. The van der Waals surface area contributed by atoms with Gasteiger partial charge in [0, 0.05) is 30.8 Å². The Morgan fingerprint density at radius 2 is 1.74 bits per heavy atom. The molecule has 2 amide bonds. The lowest BCUT2D eigenvalue weighted by Gasteiger charge is -2.40. The van der Waals surface area contributed by atoms with Crippen molar-refractivity contribution in [3.63, 3.8) is 0 Å². The highest BCUT2D eigenvalue weighted by Gasteiger charge is 2.37. The number of carbonyl (C=O) groups excluding carboxylic acids is 2. The van der Waals surface area contributed by atoms with E-state index in [0.717, 1.165) is 11.3 Å². The van der Waals surface area contributed by atoms with Crippen molar-refractivity contribution >= 4 is 17.7 Å². The fourth-order valence-electron chi connectivity index (χ4n) is 4.23. The topological polar surface area (TPSA) is 77.5 Å². The molecule has 164 valence electrons. The molecule has 2 aliphatic heterocycles. The molecule has 0 saturated carbocycles. The molecular formula is C23H26N2O6. The number of anilines is 1. The van der Waals surface area contributed by atoms with Gasteiger partial charge in [0.1, 0.15) is 23.9 Å². The number of rotatable bonds is 5. The van der Waals surface area contributed by atoms with Gasteiger partial charge in [0.05, 0.1) is 32.6 Å². The van der Waals surface area contributed by atoms with Gasteiger partial charge in [0.2, 0.25) is 0 Å². The number of methoxy groups -OCH3 is 3. The monoisotopic (exact) mass is 426 g/mol. The Morgan fingerprint density at radius 3 is 2.42 bits per heavy atom. The molecule has 2 heterocycles. The smallest absolute Gasteiger partial charge is 0.415 e. The van der Waals surface area contributed by atoms with Crippen LogP contribution < -0.4 is 19.1 Å². The van der Waals surface area contributed by atoms with Crippen molar-refractivity contribution in [1.82, 2.24) is 4.90 Å². The highest BCUT2D eigenvalue weighted by Crippen LogP contribution is 2.39. The molecule has 1 fully saturated rings. The Hall–Kier alpha value is -3.42. The van der Waals surface area contributed by atoms with Crippen LogP contribution in [0.2, 0.25) is 0 Å². The summed E-state index contributed by atoms with van der Waals surface area (Å²) in [6, 6.07) is 10.8. The predicted octanol–water partition coefficient (Wildman–Crippen LogP) is 3.47. The van der Waals surface area contributed by atoms with Crippen molar-refractivity contribution in [3.8, 4) is 17.2 Å². The van der Waals surface area contributed by atoms with E-state index in [2.05, 4.69) is 0 Å². The normalized spacial score (nSPS) is 16.4. The number of nitrogens with zero attached hydrogens (tertiary/aromatic N) is 2. The molecule has 0 aliphatic carbocycles. The second-order valence-electron chi connectivity index (χ2n) is 7.48. The summed E-state index contributed by atoms with van der Waals surface area (Å²) in [5.41, 5.74) is 2.18. The van der Waals surface area contributed by atoms with E-state index >= 15 is 0 Å². The van der Waals surface area contributed by atoms with Gasteiger partial charge < -0.3 is 23.8 Å². The fraction of sp³-hybridized carbons (Fsp3) is 0.391. The molecule has 1 saturated heterocycles. The Balaban J connectivity index is 1.51. The highest BCUT2D eigenvalue weighted by atomic mass is 16.6. The molecule has 0 spiro atoms. The summed E-state index contributed by atoms with van der Waals surface area (Å²) in [7, 11) is 4.70. The lowest BCUT2D eigenvalue weighted by atomic mass is 9.99. The summed E-state index contributed by atoms with van der Waals surface area (Å²) >= 11 is 0. The molecule has 0 radical (unpaired) electrons. The number of likely N-dealkylation sites (tertiary alicyclic amines) is 1. The number of cyclic esters (lactones) is 1. The maximum Gasteiger partial charge on any atom is 0.415 e. The van der Waals surface area contributed by atoms with Crippen LogP contribution in [0.15, 0.2) is 36.4 Å². The van der Waals surface area contributed by atoms with Gasteiger partial charge in [-0.25, -0.2) is 4.79 Å². The fourth-order valence-corrected chi connectivity index (χ4v) is 4.23. The number of hydrogen-bond acceptors (Lipinski definition) is 6. The van der Waals surface area contributed by atoms with Crippen LogP contribution >= 0.6 is 0 Å². The lowest BCUT2D eigenvalue weighted by Crippen LogP contribution is -2.50. The van der Waals surface area contributed by atoms with E-state index < -0.39 is 0 Å². The highest BCUT2D eigenvalue weighted by molar-refractivity contribution is 5.97. The van der Waals surface area contributed by atoms with Gasteiger partial charge in [0.15, 0.2) is 0 Å². The van der Waals surface area contributed by atoms with Gasteiger partial charge >= 0.3 is 6.09 Å². The second-order valence-corrected chi connectivity index (χ2v) is 7.48. The van der Waals surface area contributed by atoms with E-state index in [-0.39, 0.29) is 24.6 Å². The third-order valence-corrected chi connectivity index (χ3v) is 5.85. The Kier molecular flexibility index (Phi) is 5.88. The number of ether oxygens (including phenoxy) is 4. The Bertz CT molecular complexity index is 970. The maximum atomic E-state index is 13.1. The van der Waals surface area contributed by atoms with Gasteiger partial charge in [-0.3, -0.25) is 9.69 Å². The predicted molar refractivity (Wildman–Crippen MR) is 114 cm³/mol. The minimum absolute atomic E-state index is 0.0790. The molecule has 2 aromatic rings. The summed E-state index contributed by atoms with van der Waals surface area (Å²) in [5, 5.41) is 0. The van der Waals surface area contributed by atoms with Crippen molar-refractivity contribution in [2.75, 3.05) is 39.3 Å². The minimum Gasteiger partial charge on any atom is -0.497 e. The molecule has 0 N–H and O–H groups in total. The Morgan fingerprint density at radius 1 is 1.00 bits per heavy atom. The zero-order chi connectivity index (χ0) is 22.0. The molecule has 0 atom stereocenters. The molecule has 0 bridgehead atoms. The van der Waals surface area contributed by atoms with Crippen LogP contribution in [0.25, 0.3) is 0 Å². The largest absolute Gasteiger partial charge is 0.497 e. The molecule has 2 aromatic carbocycles. The summed E-state index contributed by atoms with van der Waals surface area (Å²) in [4.78, 5) is 29.2. The van der Waals surface area contributed by atoms with E-state index in [1.165, 1.54) is 7.11 Å². The van der Waals surface area contributed by atoms with Gasteiger partial charge in [-0.05, 0) is 31.0 Å². The summed E-state index contributed by atoms with van der Waals surface area (Å²) in [6.45, 7) is 1.27. The van der Waals surface area contributed by atoms with Crippen LogP contribution in [0.5, 0.6) is 17.2 Å². The molecule has 8 nitrogen and oxygen atoms in total. The minimum atomic E-state index is -0.376. The zero-order valence-corrected chi connectivity index (χ0v) is 17.9. The molecule has 8 heteroatoms. The van der Waals surface area contributed by atoms with Crippen LogP contribution in [-0.2, 0) is 11.3 Å². The average molecular weight is 426 g/mol. The number of fused-ring (bicyclic) bond motifs is 1. The number of carbonyl (C=O) groups is 2. The van der Waals surface area contributed by atoms with Gasteiger partial charge in [-0.15, -0.1) is 0 Å². The second kappa shape index (κ2) is 8.75. The lowest BCUT2D eigenvalue weighted by molar-refractivity contribution is 0.0705. The number of amides is 2.